The quantitative estimate of drug-likeness (QED) is 0.547. The average Bonchev–Trinajstić information content (AvgIpc) is 3.02. The van der Waals surface area contributed by atoms with Gasteiger partial charge in [-0.05, 0) is 51.3 Å². The van der Waals surface area contributed by atoms with Crippen LogP contribution in [0.4, 0.5) is 5.82 Å². The minimum atomic E-state index is 0.132. The molecule has 0 saturated carbocycles. The molecule has 0 saturated heterocycles. The first-order chi connectivity index (χ1) is 12.2. The van der Waals surface area contributed by atoms with Crippen LogP contribution in [0.25, 0.3) is 16.9 Å². The van der Waals surface area contributed by atoms with Crippen LogP contribution in [0, 0.1) is 0 Å². The van der Waals surface area contributed by atoms with E-state index < -0.39 is 0 Å². The maximum absolute atomic E-state index is 6.01. The molecule has 4 heterocycles. The summed E-state index contributed by atoms with van der Waals surface area (Å²) in [7, 11) is 0. The highest BCUT2D eigenvalue weighted by atomic mass is 79.9. The lowest BCUT2D eigenvalue weighted by molar-refractivity contribution is 0.879. The SMILES string of the molecule is Clc1nc(NCc2cccnc2-c2cccnc2)c2ncc(Br)n2n1. The Morgan fingerprint density at radius 1 is 1.12 bits per heavy atom. The highest BCUT2D eigenvalue weighted by molar-refractivity contribution is 9.10. The van der Waals surface area contributed by atoms with Gasteiger partial charge in [0.1, 0.15) is 4.60 Å². The van der Waals surface area contributed by atoms with Crippen LogP contribution in [0.5, 0.6) is 0 Å². The van der Waals surface area contributed by atoms with Crippen molar-refractivity contribution in [3.05, 3.63) is 64.5 Å². The predicted molar refractivity (Wildman–Crippen MR) is 98.3 cm³/mol. The molecule has 9 heteroatoms. The van der Waals surface area contributed by atoms with Crippen molar-refractivity contribution in [1.29, 1.82) is 0 Å². The number of hydrogen-bond acceptors (Lipinski definition) is 6. The molecule has 4 rings (SSSR count). The zero-order valence-corrected chi connectivity index (χ0v) is 15.1. The number of fused-ring (bicyclic) bond motifs is 1. The van der Waals surface area contributed by atoms with E-state index in [9.17, 15) is 0 Å². The molecule has 0 unspecified atom stereocenters. The maximum atomic E-state index is 6.01. The maximum Gasteiger partial charge on any atom is 0.243 e. The van der Waals surface area contributed by atoms with Gasteiger partial charge in [0.05, 0.1) is 11.9 Å². The minimum Gasteiger partial charge on any atom is -0.363 e. The summed E-state index contributed by atoms with van der Waals surface area (Å²) >= 11 is 9.39. The molecule has 0 fully saturated rings. The van der Waals surface area contributed by atoms with Gasteiger partial charge in [-0.25, -0.2) is 9.50 Å². The molecule has 0 atom stereocenters. The fourth-order valence-electron chi connectivity index (χ4n) is 2.47. The molecule has 4 aromatic rings. The number of hydrogen-bond donors (Lipinski definition) is 1. The minimum absolute atomic E-state index is 0.132. The van der Waals surface area contributed by atoms with Crippen LogP contribution in [-0.2, 0) is 6.54 Å². The monoisotopic (exact) mass is 415 g/mol. The predicted octanol–water partition coefficient (Wildman–Crippen LogP) is 3.61. The third-order valence-corrected chi connectivity index (χ3v) is 4.27. The zero-order valence-electron chi connectivity index (χ0n) is 12.8. The summed E-state index contributed by atoms with van der Waals surface area (Å²) < 4.78 is 2.29. The molecule has 0 aliphatic rings. The van der Waals surface area contributed by atoms with Crippen molar-refractivity contribution in [3.63, 3.8) is 0 Å². The Balaban J connectivity index is 1.67. The molecule has 0 bridgehead atoms. The van der Waals surface area contributed by atoms with Crippen LogP contribution in [0.2, 0.25) is 5.28 Å². The lowest BCUT2D eigenvalue weighted by atomic mass is 10.1. The molecule has 7 nitrogen and oxygen atoms in total. The molecule has 25 heavy (non-hydrogen) atoms. The van der Waals surface area contributed by atoms with Crippen molar-refractivity contribution in [1.82, 2.24) is 29.5 Å². The molecular weight excluding hydrogens is 406 g/mol. The molecule has 0 aliphatic heterocycles. The van der Waals surface area contributed by atoms with Gasteiger partial charge in [-0.1, -0.05) is 6.07 Å². The van der Waals surface area contributed by atoms with Gasteiger partial charge in [0.25, 0.3) is 0 Å². The first kappa shape index (κ1) is 15.9. The number of rotatable bonds is 4. The van der Waals surface area contributed by atoms with E-state index in [1.807, 2.05) is 24.3 Å². The lowest BCUT2D eigenvalue weighted by Gasteiger charge is -2.10. The van der Waals surface area contributed by atoms with Crippen molar-refractivity contribution in [2.45, 2.75) is 6.54 Å². The van der Waals surface area contributed by atoms with Gasteiger partial charge in [-0.15, -0.1) is 5.10 Å². The Kier molecular flexibility index (Phi) is 4.29. The Bertz CT molecular complexity index is 1040. The van der Waals surface area contributed by atoms with Gasteiger partial charge < -0.3 is 5.32 Å². The first-order valence-corrected chi connectivity index (χ1v) is 8.54. The molecule has 0 aromatic carbocycles. The van der Waals surface area contributed by atoms with Crippen LogP contribution in [0.15, 0.2) is 53.7 Å². The number of nitrogens with zero attached hydrogens (tertiary/aromatic N) is 6. The van der Waals surface area contributed by atoms with Gasteiger partial charge in [-0.2, -0.15) is 4.98 Å². The summed E-state index contributed by atoms with van der Waals surface area (Å²) in [4.78, 5) is 17.2. The summed E-state index contributed by atoms with van der Waals surface area (Å²) in [5, 5.41) is 7.52. The van der Waals surface area contributed by atoms with Gasteiger partial charge in [0.15, 0.2) is 11.5 Å². The number of anilines is 1. The van der Waals surface area contributed by atoms with E-state index in [4.69, 9.17) is 11.6 Å². The topological polar surface area (TPSA) is 80.9 Å². The van der Waals surface area contributed by atoms with Gasteiger partial charge >= 0.3 is 0 Å². The van der Waals surface area contributed by atoms with Crippen LogP contribution in [0.3, 0.4) is 0 Å². The highest BCUT2D eigenvalue weighted by Gasteiger charge is 2.12. The Morgan fingerprint density at radius 3 is 2.84 bits per heavy atom. The molecule has 1 N–H and O–H groups in total. The Labute approximate surface area is 156 Å². The van der Waals surface area contributed by atoms with E-state index in [1.54, 1.807) is 29.3 Å². The fraction of sp³-hybridized carbons (Fsp3) is 0.0625. The average molecular weight is 417 g/mol. The lowest BCUT2D eigenvalue weighted by Crippen LogP contribution is -2.07. The van der Waals surface area contributed by atoms with Gasteiger partial charge in [0.2, 0.25) is 5.28 Å². The number of aromatic nitrogens is 6. The third-order valence-electron chi connectivity index (χ3n) is 3.57. The van der Waals surface area contributed by atoms with Crippen LogP contribution in [-0.4, -0.2) is 29.5 Å². The van der Waals surface area contributed by atoms with Crippen molar-refractivity contribution in [2.24, 2.45) is 0 Å². The second kappa shape index (κ2) is 6.73. The second-order valence-electron chi connectivity index (χ2n) is 5.15. The molecule has 0 amide bonds. The number of pyridine rings is 2. The van der Waals surface area contributed by atoms with Gasteiger partial charge in [-0.3, -0.25) is 9.97 Å². The van der Waals surface area contributed by atoms with Crippen LogP contribution >= 0.6 is 27.5 Å². The Hall–Kier alpha value is -2.58. The summed E-state index contributed by atoms with van der Waals surface area (Å²) in [5.74, 6) is 0.548. The first-order valence-electron chi connectivity index (χ1n) is 7.37. The summed E-state index contributed by atoms with van der Waals surface area (Å²) in [6.07, 6.45) is 6.94. The van der Waals surface area contributed by atoms with Crippen LogP contribution < -0.4 is 5.32 Å². The highest BCUT2D eigenvalue weighted by Crippen LogP contribution is 2.23. The van der Waals surface area contributed by atoms with E-state index in [0.29, 0.717) is 22.6 Å². The van der Waals surface area contributed by atoms with Crippen LogP contribution in [0.1, 0.15) is 5.56 Å². The van der Waals surface area contributed by atoms with Crippen molar-refractivity contribution >= 4 is 39.0 Å². The van der Waals surface area contributed by atoms with E-state index >= 15 is 0 Å². The molecular formula is C16H11BrClN7. The Morgan fingerprint density at radius 2 is 2.00 bits per heavy atom. The van der Waals surface area contributed by atoms with Crippen molar-refractivity contribution < 1.29 is 0 Å². The number of imidazole rings is 1. The summed E-state index contributed by atoms with van der Waals surface area (Å²) in [5.41, 5.74) is 3.41. The van der Waals surface area contributed by atoms with Crippen molar-refractivity contribution in [3.8, 4) is 11.3 Å². The molecule has 0 spiro atoms. The summed E-state index contributed by atoms with van der Waals surface area (Å²) in [6, 6.07) is 7.76. The zero-order chi connectivity index (χ0) is 17.2. The molecule has 0 radical (unpaired) electrons. The molecule has 4 aromatic heterocycles. The summed E-state index contributed by atoms with van der Waals surface area (Å²) in [6.45, 7) is 0.506. The van der Waals surface area contributed by atoms with E-state index in [0.717, 1.165) is 16.8 Å². The van der Waals surface area contributed by atoms with Crippen molar-refractivity contribution in [2.75, 3.05) is 5.32 Å². The van der Waals surface area contributed by atoms with E-state index in [-0.39, 0.29) is 5.28 Å². The fourth-order valence-corrected chi connectivity index (χ4v) is 2.98. The van der Waals surface area contributed by atoms with E-state index in [1.165, 1.54) is 0 Å². The smallest absolute Gasteiger partial charge is 0.243 e. The largest absolute Gasteiger partial charge is 0.363 e. The normalized spacial score (nSPS) is 11.0. The van der Waals surface area contributed by atoms with E-state index in [2.05, 4.69) is 46.3 Å². The standard InChI is InChI=1S/C16H11BrClN7/c17-12-9-22-15-14(23-16(18)24-25(12)15)21-8-11-4-2-6-20-13(11)10-3-1-5-19-7-10/h1-7,9H,8H2,(H,21,23,24). The van der Waals surface area contributed by atoms with Gasteiger partial charge in [0, 0.05) is 30.7 Å². The number of halogens is 2. The molecule has 124 valence electrons. The number of nitrogens with one attached hydrogen (secondary N) is 1. The third kappa shape index (κ3) is 3.18. The second-order valence-corrected chi connectivity index (χ2v) is 6.30. The molecule has 0 aliphatic carbocycles.